The Morgan fingerprint density at radius 3 is 2.49 bits per heavy atom. The second kappa shape index (κ2) is 11.1. The number of benzene rings is 2. The van der Waals surface area contributed by atoms with Gasteiger partial charge < -0.3 is 29.8 Å². The number of carboxylic acids is 1. The van der Waals surface area contributed by atoms with Gasteiger partial charge in [0.15, 0.2) is 17.7 Å². The normalized spacial score (nSPS) is 16.6. The van der Waals surface area contributed by atoms with E-state index >= 15 is 4.39 Å². The molecule has 1 aliphatic carbocycles. The number of primary amides is 1. The number of carboxylic acid groups (broad SMARTS) is 1. The fraction of sp³-hybridized carbons (Fsp3) is 0.379. The van der Waals surface area contributed by atoms with Crippen LogP contribution < -0.4 is 25.7 Å². The smallest absolute Gasteiger partial charge is 0.415 e. The molecule has 0 spiro atoms. The van der Waals surface area contributed by atoms with Gasteiger partial charge in [0.25, 0.3) is 5.91 Å². The van der Waals surface area contributed by atoms with E-state index in [1.165, 1.54) is 18.2 Å². The van der Waals surface area contributed by atoms with E-state index in [9.17, 15) is 24.3 Å². The van der Waals surface area contributed by atoms with E-state index in [1.807, 2.05) is 11.8 Å². The summed E-state index contributed by atoms with van der Waals surface area (Å²) in [5.74, 6) is -2.61. The summed E-state index contributed by atoms with van der Waals surface area (Å²) in [4.78, 5) is 51.6. The van der Waals surface area contributed by atoms with Gasteiger partial charge in [-0.1, -0.05) is 25.5 Å². The number of carbonyl (C=O) groups excluding carboxylic acids is 2. The highest BCUT2D eigenvalue weighted by Gasteiger charge is 2.36. The Bertz CT molecular complexity index is 1580. The van der Waals surface area contributed by atoms with Crippen LogP contribution in [-0.4, -0.2) is 53.9 Å². The molecule has 41 heavy (non-hydrogen) atoms. The minimum absolute atomic E-state index is 0.00788. The molecule has 12 heteroatoms. The number of unbranched alkanes of at least 4 members (excludes halogenated alkanes) is 1. The number of nitrogens with two attached hydrogens (primary N) is 1. The molecular weight excluding hydrogens is 535 g/mol. The second-order valence-corrected chi connectivity index (χ2v) is 10.3. The van der Waals surface area contributed by atoms with Crippen LogP contribution in [0.5, 0.6) is 5.75 Å². The molecule has 3 N–H and O–H groups in total. The van der Waals surface area contributed by atoms with E-state index in [0.29, 0.717) is 17.7 Å². The highest BCUT2D eigenvalue weighted by atomic mass is 19.1. The number of aromatic carboxylic acids is 1. The largest absolute Gasteiger partial charge is 0.492 e. The molecule has 0 bridgehead atoms. The van der Waals surface area contributed by atoms with Gasteiger partial charge in [-0.15, -0.1) is 0 Å². The zero-order chi connectivity index (χ0) is 29.4. The molecule has 3 aromatic rings. The van der Waals surface area contributed by atoms with Crippen molar-refractivity contribution in [1.82, 2.24) is 4.57 Å². The molecule has 2 aliphatic rings. The molecule has 2 heterocycles. The van der Waals surface area contributed by atoms with Crippen molar-refractivity contribution in [3.8, 4) is 5.75 Å². The average molecular weight is 567 g/mol. The lowest BCUT2D eigenvalue weighted by atomic mass is 10.1. The number of ether oxygens (including phenoxy) is 2. The third-order valence-corrected chi connectivity index (χ3v) is 7.42. The quantitative estimate of drug-likeness (QED) is 0.357. The van der Waals surface area contributed by atoms with E-state index in [-0.39, 0.29) is 36.0 Å². The highest BCUT2D eigenvalue weighted by Crippen LogP contribution is 2.44. The summed E-state index contributed by atoms with van der Waals surface area (Å²) < 4.78 is 28.4. The van der Waals surface area contributed by atoms with Crippen LogP contribution >= 0.6 is 0 Å². The van der Waals surface area contributed by atoms with Gasteiger partial charge in [-0.3, -0.25) is 14.5 Å². The molecular formula is C29H31FN4O7. The first kappa shape index (κ1) is 27.9. The van der Waals surface area contributed by atoms with Crippen molar-refractivity contribution in [2.24, 2.45) is 5.73 Å². The molecule has 1 aromatic heterocycles. The number of pyridine rings is 1. The highest BCUT2D eigenvalue weighted by molar-refractivity contribution is 5.97. The topological polar surface area (TPSA) is 144 Å². The zero-order valence-corrected chi connectivity index (χ0v) is 22.8. The maximum atomic E-state index is 15.9. The van der Waals surface area contributed by atoms with Gasteiger partial charge in [0, 0.05) is 31.0 Å². The van der Waals surface area contributed by atoms with Crippen molar-refractivity contribution in [2.45, 2.75) is 51.3 Å². The minimum atomic E-state index is -1.37. The van der Waals surface area contributed by atoms with Crippen molar-refractivity contribution in [3.05, 3.63) is 63.7 Å². The summed E-state index contributed by atoms with van der Waals surface area (Å²) in [5, 5.41) is 9.56. The molecule has 1 aliphatic heterocycles. The zero-order valence-electron chi connectivity index (χ0n) is 22.8. The SMILES string of the molecule is CCCCN(Cc1ccc(N2CC(C(N)=O)OC2=O)cc1)c1c(F)cc2c(=O)c(C(=O)O)cn(C3CC3)c2c1OC. The van der Waals surface area contributed by atoms with Crippen LogP contribution in [0.25, 0.3) is 10.9 Å². The van der Waals surface area contributed by atoms with Gasteiger partial charge >= 0.3 is 12.1 Å². The van der Waals surface area contributed by atoms with Crippen LogP contribution in [0.15, 0.2) is 41.3 Å². The first-order chi connectivity index (χ1) is 19.6. The van der Waals surface area contributed by atoms with Gasteiger partial charge in [-0.2, -0.15) is 0 Å². The maximum absolute atomic E-state index is 15.9. The lowest BCUT2D eigenvalue weighted by Crippen LogP contribution is -2.32. The number of fused-ring (bicyclic) bond motifs is 1. The number of amides is 2. The Balaban J connectivity index is 1.54. The van der Waals surface area contributed by atoms with E-state index in [4.69, 9.17) is 15.2 Å². The number of nitrogens with zero attached hydrogens (tertiary/aromatic N) is 3. The van der Waals surface area contributed by atoms with Gasteiger partial charge in [0.05, 0.1) is 24.6 Å². The fourth-order valence-electron chi connectivity index (χ4n) is 5.17. The summed E-state index contributed by atoms with van der Waals surface area (Å²) in [5.41, 5.74) is 5.99. The van der Waals surface area contributed by atoms with E-state index in [2.05, 4.69) is 0 Å². The lowest BCUT2D eigenvalue weighted by Gasteiger charge is -2.29. The van der Waals surface area contributed by atoms with Crippen LogP contribution in [0.3, 0.4) is 0 Å². The van der Waals surface area contributed by atoms with Crippen molar-refractivity contribution in [2.75, 3.05) is 30.0 Å². The van der Waals surface area contributed by atoms with Gasteiger partial charge in [0.1, 0.15) is 11.3 Å². The summed E-state index contributed by atoms with van der Waals surface area (Å²) in [6, 6.07) is 8.12. The number of carbonyl (C=O) groups is 3. The standard InChI is InChI=1S/C29H31FN4O7/c1-3-4-11-32(13-16-5-7-18(8-6-16)34-15-22(27(31)36)41-29(34)39)24-21(30)12-19-23(26(24)40-2)33(17-9-10-17)14-20(25(19)35)28(37)38/h5-8,12,14,17,22H,3-4,9-11,13,15H2,1-2H3,(H2,31,36)(H,37,38). The first-order valence-electron chi connectivity index (χ1n) is 13.4. The van der Waals surface area contributed by atoms with Crippen LogP contribution in [0.4, 0.5) is 20.6 Å². The van der Waals surface area contributed by atoms with Crippen LogP contribution in [0.1, 0.15) is 54.6 Å². The summed E-state index contributed by atoms with van der Waals surface area (Å²) in [7, 11) is 1.41. The third-order valence-electron chi connectivity index (χ3n) is 7.42. The van der Waals surface area contributed by atoms with Crippen molar-refractivity contribution in [1.29, 1.82) is 0 Å². The molecule has 2 aromatic carbocycles. The minimum Gasteiger partial charge on any atom is -0.492 e. The number of rotatable bonds is 11. The maximum Gasteiger partial charge on any atom is 0.415 e. The first-order valence-corrected chi connectivity index (χ1v) is 13.4. The molecule has 11 nitrogen and oxygen atoms in total. The molecule has 1 unspecified atom stereocenters. The Kier molecular flexibility index (Phi) is 7.57. The van der Waals surface area contributed by atoms with Gasteiger partial charge in [0.2, 0.25) is 5.43 Å². The van der Waals surface area contributed by atoms with E-state index < -0.39 is 40.9 Å². The predicted octanol–water partition coefficient (Wildman–Crippen LogP) is 3.80. The van der Waals surface area contributed by atoms with E-state index in [0.717, 1.165) is 37.3 Å². The second-order valence-electron chi connectivity index (χ2n) is 10.3. The van der Waals surface area contributed by atoms with Crippen molar-refractivity contribution >= 4 is 40.2 Å². The van der Waals surface area contributed by atoms with Crippen molar-refractivity contribution < 1.29 is 33.4 Å². The summed E-state index contributed by atoms with van der Waals surface area (Å²) in [6.45, 7) is 2.81. The number of anilines is 2. The number of methoxy groups -OCH3 is 1. The summed E-state index contributed by atoms with van der Waals surface area (Å²) in [6.07, 6.45) is 2.86. The molecule has 2 amide bonds. The van der Waals surface area contributed by atoms with Gasteiger partial charge in [-0.05, 0) is 43.0 Å². The molecule has 1 atom stereocenters. The molecule has 1 saturated carbocycles. The van der Waals surface area contributed by atoms with Crippen molar-refractivity contribution in [3.63, 3.8) is 0 Å². The van der Waals surface area contributed by atoms with Crippen LogP contribution in [-0.2, 0) is 16.1 Å². The van der Waals surface area contributed by atoms with Gasteiger partial charge in [-0.25, -0.2) is 14.0 Å². The Morgan fingerprint density at radius 2 is 1.93 bits per heavy atom. The number of hydrogen-bond acceptors (Lipinski definition) is 7. The average Bonchev–Trinajstić information content (AvgIpc) is 3.71. The molecule has 0 radical (unpaired) electrons. The Labute approximate surface area is 234 Å². The third kappa shape index (κ3) is 5.29. The summed E-state index contributed by atoms with van der Waals surface area (Å²) >= 11 is 0. The van der Waals surface area contributed by atoms with Crippen LogP contribution in [0.2, 0.25) is 0 Å². The Morgan fingerprint density at radius 1 is 1.22 bits per heavy atom. The molecule has 216 valence electrons. The number of cyclic esters (lactones) is 1. The molecule has 5 rings (SSSR count). The van der Waals surface area contributed by atoms with Crippen LogP contribution in [0, 0.1) is 5.82 Å². The number of hydrogen-bond donors (Lipinski definition) is 2. The Hall–Kier alpha value is -4.61. The molecule has 2 fully saturated rings. The fourth-order valence-corrected chi connectivity index (χ4v) is 5.17. The predicted molar refractivity (Wildman–Crippen MR) is 149 cm³/mol. The lowest BCUT2D eigenvalue weighted by molar-refractivity contribution is -0.124. The monoisotopic (exact) mass is 566 g/mol. The number of halogens is 1. The number of aromatic nitrogens is 1. The van der Waals surface area contributed by atoms with E-state index in [1.54, 1.807) is 28.8 Å². The molecule has 1 saturated heterocycles.